The zero-order valence-electron chi connectivity index (χ0n) is 13.7. The molecule has 0 atom stereocenters. The molecule has 6 nitrogen and oxygen atoms in total. The summed E-state index contributed by atoms with van der Waals surface area (Å²) in [4.78, 5) is 21.3. The van der Waals surface area contributed by atoms with Gasteiger partial charge in [0, 0.05) is 24.5 Å². The Labute approximate surface area is 144 Å². The molecule has 0 fully saturated rings. The van der Waals surface area contributed by atoms with Gasteiger partial charge in [0.1, 0.15) is 12.4 Å². The van der Waals surface area contributed by atoms with Crippen molar-refractivity contribution in [2.24, 2.45) is 0 Å². The number of carbonyl (C=O) groups excluding carboxylic acids is 1. The number of halogens is 1. The fourth-order valence-electron chi connectivity index (χ4n) is 1.83. The maximum Gasteiger partial charge on any atom is 0.189 e. The van der Waals surface area contributed by atoms with E-state index >= 15 is 0 Å². The maximum absolute atomic E-state index is 14.1. The van der Waals surface area contributed by atoms with E-state index in [1.54, 1.807) is 12.1 Å². The third-order valence-electron chi connectivity index (χ3n) is 3.10. The van der Waals surface area contributed by atoms with Crippen LogP contribution in [0.5, 0.6) is 5.75 Å². The molecule has 1 heterocycles. The summed E-state index contributed by atoms with van der Waals surface area (Å²) >= 11 is 1.35. The van der Waals surface area contributed by atoms with Crippen molar-refractivity contribution >= 4 is 29.6 Å². The first-order valence-electron chi connectivity index (χ1n) is 7.23. The smallest absolute Gasteiger partial charge is 0.189 e. The Balaban J connectivity index is 2.13. The topological polar surface area (TPSA) is 67.3 Å². The quantitative estimate of drug-likeness (QED) is 0.446. The number of nitrogens with one attached hydrogen (secondary N) is 1. The van der Waals surface area contributed by atoms with Crippen molar-refractivity contribution in [3.63, 3.8) is 0 Å². The van der Waals surface area contributed by atoms with E-state index in [9.17, 15) is 9.18 Å². The van der Waals surface area contributed by atoms with Gasteiger partial charge in [0.05, 0.1) is 5.56 Å². The Morgan fingerprint density at radius 3 is 2.83 bits per heavy atom. The largest absolute Gasteiger partial charge is 0.489 e. The second-order valence-corrected chi connectivity index (χ2v) is 5.97. The number of carbonyl (C=O) groups is 1. The minimum absolute atomic E-state index is 0.186. The minimum Gasteiger partial charge on any atom is -0.489 e. The van der Waals surface area contributed by atoms with Crippen molar-refractivity contribution in [2.75, 3.05) is 38.8 Å². The van der Waals surface area contributed by atoms with Crippen LogP contribution in [-0.4, -0.2) is 54.7 Å². The van der Waals surface area contributed by atoms with Crippen LogP contribution in [-0.2, 0) is 0 Å². The van der Waals surface area contributed by atoms with E-state index in [1.165, 1.54) is 24.0 Å². The number of aldehydes is 1. The average molecular weight is 350 g/mol. The summed E-state index contributed by atoms with van der Waals surface area (Å²) in [7, 11) is 3.84. The molecule has 1 aromatic carbocycles. The summed E-state index contributed by atoms with van der Waals surface area (Å²) in [5, 5.41) is 3.46. The van der Waals surface area contributed by atoms with Crippen molar-refractivity contribution < 1.29 is 13.9 Å². The Hall–Kier alpha value is -2.19. The molecular formula is C16H19FN4O2S. The lowest BCUT2D eigenvalue weighted by molar-refractivity contribution is 0.112. The van der Waals surface area contributed by atoms with E-state index < -0.39 is 5.82 Å². The SMILES string of the molecule is CSc1ncc(C=O)c(Nc2ccc(OCCN(C)C)c(F)c2)n1. The van der Waals surface area contributed by atoms with Crippen LogP contribution in [0.1, 0.15) is 10.4 Å². The molecule has 2 rings (SSSR count). The van der Waals surface area contributed by atoms with Gasteiger partial charge < -0.3 is 15.0 Å². The lowest BCUT2D eigenvalue weighted by Crippen LogP contribution is -2.19. The average Bonchev–Trinajstić information content (AvgIpc) is 2.56. The zero-order chi connectivity index (χ0) is 17.5. The van der Waals surface area contributed by atoms with E-state index in [0.717, 1.165) is 0 Å². The Kier molecular flexibility index (Phi) is 6.51. The minimum atomic E-state index is -0.481. The number of benzene rings is 1. The predicted octanol–water partition coefficient (Wildman–Crippen LogP) is 2.83. The first kappa shape index (κ1) is 18.2. The molecule has 0 unspecified atom stereocenters. The molecule has 0 radical (unpaired) electrons. The van der Waals surface area contributed by atoms with Crippen LogP contribution in [0.4, 0.5) is 15.9 Å². The van der Waals surface area contributed by atoms with Crippen LogP contribution in [0.3, 0.4) is 0 Å². The van der Waals surface area contributed by atoms with Crippen molar-refractivity contribution in [3.8, 4) is 5.75 Å². The van der Waals surface area contributed by atoms with Crippen LogP contribution in [0.15, 0.2) is 29.6 Å². The van der Waals surface area contributed by atoms with Gasteiger partial charge in [-0.05, 0) is 32.5 Å². The highest BCUT2D eigenvalue weighted by molar-refractivity contribution is 7.98. The Bertz CT molecular complexity index is 712. The van der Waals surface area contributed by atoms with Crippen molar-refractivity contribution in [2.45, 2.75) is 5.16 Å². The van der Waals surface area contributed by atoms with Crippen LogP contribution in [0.2, 0.25) is 0 Å². The van der Waals surface area contributed by atoms with Crippen molar-refractivity contribution in [1.29, 1.82) is 0 Å². The summed E-state index contributed by atoms with van der Waals surface area (Å²) in [6.45, 7) is 1.09. The molecule has 0 amide bonds. The first-order chi connectivity index (χ1) is 11.5. The van der Waals surface area contributed by atoms with E-state index in [1.807, 2.05) is 25.3 Å². The van der Waals surface area contributed by atoms with Gasteiger partial charge in [-0.25, -0.2) is 14.4 Å². The number of rotatable bonds is 8. The predicted molar refractivity (Wildman–Crippen MR) is 92.9 cm³/mol. The molecule has 2 aromatic rings. The summed E-state index contributed by atoms with van der Waals surface area (Å²) < 4.78 is 19.5. The monoisotopic (exact) mass is 350 g/mol. The molecule has 0 saturated heterocycles. The summed E-state index contributed by atoms with van der Waals surface area (Å²) in [5.41, 5.74) is 0.779. The molecule has 1 N–H and O–H groups in total. The molecule has 0 saturated carbocycles. The lowest BCUT2D eigenvalue weighted by Gasteiger charge is -2.13. The van der Waals surface area contributed by atoms with Crippen LogP contribution in [0.25, 0.3) is 0 Å². The van der Waals surface area contributed by atoms with E-state index in [-0.39, 0.29) is 5.75 Å². The number of hydrogen-bond donors (Lipinski definition) is 1. The highest BCUT2D eigenvalue weighted by Gasteiger charge is 2.09. The second-order valence-electron chi connectivity index (χ2n) is 5.20. The number of thioether (sulfide) groups is 1. The molecule has 128 valence electrons. The number of hydrogen-bond acceptors (Lipinski definition) is 7. The van der Waals surface area contributed by atoms with Crippen molar-refractivity contribution in [1.82, 2.24) is 14.9 Å². The molecule has 0 aliphatic heterocycles. The molecule has 1 aromatic heterocycles. The fraction of sp³-hybridized carbons (Fsp3) is 0.312. The van der Waals surface area contributed by atoms with Crippen LogP contribution >= 0.6 is 11.8 Å². The maximum atomic E-state index is 14.1. The van der Waals surface area contributed by atoms with Gasteiger partial charge in [-0.1, -0.05) is 11.8 Å². The molecule has 8 heteroatoms. The van der Waals surface area contributed by atoms with Crippen LogP contribution in [0, 0.1) is 5.82 Å². The van der Waals surface area contributed by atoms with Gasteiger partial charge in [-0.2, -0.15) is 0 Å². The number of nitrogens with zero attached hydrogens (tertiary/aromatic N) is 3. The Morgan fingerprint density at radius 2 is 2.21 bits per heavy atom. The van der Waals surface area contributed by atoms with Crippen molar-refractivity contribution in [3.05, 3.63) is 35.8 Å². The van der Waals surface area contributed by atoms with E-state index in [2.05, 4.69) is 15.3 Å². The highest BCUT2D eigenvalue weighted by Crippen LogP contribution is 2.25. The number of anilines is 2. The standard InChI is InChI=1S/C16H19FN4O2S/c1-21(2)6-7-23-14-5-4-12(8-13(14)17)19-15-11(10-22)9-18-16(20-15)24-3/h4-5,8-10H,6-7H2,1-3H3,(H,18,19,20). The normalized spacial score (nSPS) is 10.7. The fourth-order valence-corrected chi connectivity index (χ4v) is 2.17. The van der Waals surface area contributed by atoms with Gasteiger partial charge in [0.2, 0.25) is 0 Å². The Morgan fingerprint density at radius 1 is 1.42 bits per heavy atom. The van der Waals surface area contributed by atoms with Gasteiger partial charge in [-0.3, -0.25) is 4.79 Å². The summed E-state index contributed by atoms with van der Waals surface area (Å²) in [5.74, 6) is 0.0427. The lowest BCUT2D eigenvalue weighted by atomic mass is 10.2. The van der Waals surface area contributed by atoms with Gasteiger partial charge in [0.25, 0.3) is 0 Å². The van der Waals surface area contributed by atoms with Gasteiger partial charge in [-0.15, -0.1) is 0 Å². The molecular weight excluding hydrogens is 331 g/mol. The molecule has 0 bridgehead atoms. The third kappa shape index (κ3) is 4.90. The molecule has 24 heavy (non-hydrogen) atoms. The van der Waals surface area contributed by atoms with Crippen LogP contribution < -0.4 is 10.1 Å². The molecule has 0 aliphatic carbocycles. The molecule has 0 aliphatic rings. The van der Waals surface area contributed by atoms with Gasteiger partial charge in [0.15, 0.2) is 23.0 Å². The van der Waals surface area contributed by atoms with E-state index in [0.29, 0.717) is 41.7 Å². The van der Waals surface area contributed by atoms with Gasteiger partial charge >= 0.3 is 0 Å². The van der Waals surface area contributed by atoms with E-state index in [4.69, 9.17) is 4.74 Å². The summed E-state index contributed by atoms with van der Waals surface area (Å²) in [6.07, 6.45) is 3.92. The number of aromatic nitrogens is 2. The first-order valence-corrected chi connectivity index (χ1v) is 8.46. The number of ether oxygens (including phenoxy) is 1. The molecule has 0 spiro atoms. The zero-order valence-corrected chi connectivity index (χ0v) is 14.6. The summed E-state index contributed by atoms with van der Waals surface area (Å²) in [6, 6.07) is 4.52. The third-order valence-corrected chi connectivity index (χ3v) is 3.66. The number of likely N-dealkylation sites (N-methyl/N-ethyl adjacent to an activating group) is 1. The highest BCUT2D eigenvalue weighted by atomic mass is 32.2. The second kappa shape index (κ2) is 8.60.